The number of halogens is 9. The molecule has 0 bridgehead atoms. The van der Waals surface area contributed by atoms with E-state index in [0.717, 1.165) is 0 Å². The standard InChI is InChI=1S/C10H15Cl3F6Si/c11-20(12,13)10(18,19)8(14)6-4-2-1-3-5-7-9(15,16)17/h8H,1-7H2. The second-order valence-electron chi connectivity index (χ2n) is 4.51. The molecule has 1 unspecified atom stereocenters. The van der Waals surface area contributed by atoms with Crippen molar-refractivity contribution in [3.05, 3.63) is 0 Å². The predicted octanol–water partition coefficient (Wildman–Crippen LogP) is 6.45. The Balaban J connectivity index is 3.76. The van der Waals surface area contributed by atoms with E-state index in [1.165, 1.54) is 0 Å². The normalized spacial score (nSPS) is 15.4. The van der Waals surface area contributed by atoms with Crippen LogP contribution >= 0.6 is 33.2 Å². The molecule has 20 heavy (non-hydrogen) atoms. The van der Waals surface area contributed by atoms with E-state index < -0.39 is 36.7 Å². The van der Waals surface area contributed by atoms with E-state index in [-0.39, 0.29) is 12.8 Å². The molecular formula is C10H15Cl3F6Si. The zero-order chi connectivity index (χ0) is 16.0. The molecule has 0 aromatic rings. The molecule has 0 amide bonds. The molecule has 122 valence electrons. The molecule has 0 rings (SSSR count). The van der Waals surface area contributed by atoms with Gasteiger partial charge in [0.1, 0.15) is 0 Å². The van der Waals surface area contributed by atoms with Gasteiger partial charge in [0, 0.05) is 6.42 Å². The summed E-state index contributed by atoms with van der Waals surface area (Å²) in [6.45, 7) is 0. The lowest BCUT2D eigenvalue weighted by molar-refractivity contribution is -0.135. The third kappa shape index (κ3) is 8.19. The van der Waals surface area contributed by atoms with E-state index in [9.17, 15) is 26.3 Å². The number of alkyl halides is 6. The van der Waals surface area contributed by atoms with Crippen LogP contribution in [0.25, 0.3) is 0 Å². The van der Waals surface area contributed by atoms with Crippen molar-refractivity contribution in [2.45, 2.75) is 62.8 Å². The average molecular weight is 384 g/mol. The lowest BCUT2D eigenvalue weighted by atomic mass is 10.1. The Morgan fingerprint density at radius 2 is 1.25 bits per heavy atom. The molecule has 0 aliphatic carbocycles. The Bertz CT molecular complexity index is 279. The molecule has 0 aromatic heterocycles. The highest BCUT2D eigenvalue weighted by atomic mass is 35.8. The highest BCUT2D eigenvalue weighted by Crippen LogP contribution is 2.42. The van der Waals surface area contributed by atoms with Crippen molar-refractivity contribution in [1.29, 1.82) is 0 Å². The van der Waals surface area contributed by atoms with Gasteiger partial charge in [-0.3, -0.25) is 0 Å². The van der Waals surface area contributed by atoms with Gasteiger partial charge in [-0.1, -0.05) is 25.7 Å². The molecular weight excluding hydrogens is 369 g/mol. The summed E-state index contributed by atoms with van der Waals surface area (Å²) in [5.74, 6) is 0. The Morgan fingerprint density at radius 1 is 0.800 bits per heavy atom. The fourth-order valence-electron chi connectivity index (χ4n) is 1.54. The van der Waals surface area contributed by atoms with Crippen LogP contribution in [0.4, 0.5) is 26.3 Å². The number of unbranched alkanes of at least 4 members (excludes halogenated alkanes) is 4. The maximum absolute atomic E-state index is 13.3. The molecule has 0 spiro atoms. The van der Waals surface area contributed by atoms with Crippen molar-refractivity contribution >= 4 is 39.2 Å². The monoisotopic (exact) mass is 382 g/mol. The summed E-state index contributed by atoms with van der Waals surface area (Å²) in [7, 11) is 0. The van der Waals surface area contributed by atoms with Crippen LogP contribution in [0, 0.1) is 0 Å². The smallest absolute Gasteiger partial charge is 0.241 e. The zero-order valence-electron chi connectivity index (χ0n) is 10.4. The Morgan fingerprint density at radius 3 is 1.70 bits per heavy atom. The SMILES string of the molecule is FC(CCCCCCCC(F)(F)F)C(F)(F)[Si](Cl)(Cl)Cl. The van der Waals surface area contributed by atoms with Gasteiger partial charge in [-0.25, -0.2) is 13.2 Å². The van der Waals surface area contributed by atoms with E-state index >= 15 is 0 Å². The van der Waals surface area contributed by atoms with Crippen LogP contribution in [0.2, 0.25) is 0 Å². The van der Waals surface area contributed by atoms with E-state index in [4.69, 9.17) is 33.2 Å². The molecule has 0 saturated heterocycles. The molecule has 0 radical (unpaired) electrons. The maximum atomic E-state index is 13.3. The van der Waals surface area contributed by atoms with Crippen LogP contribution in [-0.4, -0.2) is 23.9 Å². The molecule has 0 nitrogen and oxygen atoms in total. The second kappa shape index (κ2) is 8.34. The van der Waals surface area contributed by atoms with Crippen LogP contribution in [-0.2, 0) is 0 Å². The molecule has 0 aliphatic rings. The van der Waals surface area contributed by atoms with E-state index in [2.05, 4.69) is 0 Å². The van der Waals surface area contributed by atoms with Crippen LogP contribution in [0.3, 0.4) is 0 Å². The van der Waals surface area contributed by atoms with E-state index in [1.54, 1.807) is 0 Å². The lowest BCUT2D eigenvalue weighted by Gasteiger charge is -2.25. The molecule has 0 saturated carbocycles. The summed E-state index contributed by atoms with van der Waals surface area (Å²) in [5, 5.41) is 0. The van der Waals surface area contributed by atoms with Crippen molar-refractivity contribution in [2.75, 3.05) is 0 Å². The number of rotatable bonds is 9. The molecule has 0 aliphatic heterocycles. The number of hydrogen-bond acceptors (Lipinski definition) is 0. The van der Waals surface area contributed by atoms with Crippen molar-refractivity contribution < 1.29 is 26.3 Å². The van der Waals surface area contributed by atoms with Gasteiger partial charge in [0.25, 0.3) is 0 Å². The highest BCUT2D eigenvalue weighted by Gasteiger charge is 2.59. The first-order valence-corrected chi connectivity index (χ1v) is 11.1. The Labute approximate surface area is 128 Å². The van der Waals surface area contributed by atoms with Gasteiger partial charge in [0.2, 0.25) is 0 Å². The van der Waals surface area contributed by atoms with E-state index in [1.807, 2.05) is 0 Å². The van der Waals surface area contributed by atoms with Crippen LogP contribution < -0.4 is 0 Å². The quantitative estimate of drug-likeness (QED) is 0.186. The van der Waals surface area contributed by atoms with Crippen LogP contribution in [0.5, 0.6) is 0 Å². The van der Waals surface area contributed by atoms with Gasteiger partial charge in [0.05, 0.1) is 0 Å². The number of hydrogen-bond donors (Lipinski definition) is 0. The topological polar surface area (TPSA) is 0 Å². The second-order valence-corrected chi connectivity index (χ2v) is 13.0. The highest BCUT2D eigenvalue weighted by molar-refractivity contribution is 7.65. The van der Waals surface area contributed by atoms with Gasteiger partial charge in [-0.15, -0.1) is 33.2 Å². The summed E-state index contributed by atoms with van der Waals surface area (Å²) >= 11 is 15.4. The lowest BCUT2D eigenvalue weighted by Crippen LogP contribution is -2.47. The predicted molar refractivity (Wildman–Crippen MR) is 71.5 cm³/mol. The van der Waals surface area contributed by atoms with Gasteiger partial charge in [0.15, 0.2) is 6.17 Å². The van der Waals surface area contributed by atoms with Gasteiger partial charge < -0.3 is 0 Å². The fourth-order valence-corrected chi connectivity index (χ4v) is 3.10. The fraction of sp³-hybridized carbons (Fsp3) is 1.00. The maximum Gasteiger partial charge on any atom is 0.419 e. The molecule has 10 heteroatoms. The first kappa shape index (κ1) is 20.7. The first-order valence-electron chi connectivity index (χ1n) is 6.03. The summed E-state index contributed by atoms with van der Waals surface area (Å²) in [5.41, 5.74) is -3.95. The molecule has 0 aromatic carbocycles. The van der Waals surface area contributed by atoms with Crippen LogP contribution in [0.1, 0.15) is 44.9 Å². The molecule has 1 atom stereocenters. The summed E-state index contributed by atoms with van der Waals surface area (Å²) in [6.07, 6.45) is -6.81. The van der Waals surface area contributed by atoms with Crippen molar-refractivity contribution in [3.8, 4) is 0 Å². The van der Waals surface area contributed by atoms with Crippen molar-refractivity contribution in [1.82, 2.24) is 0 Å². The van der Waals surface area contributed by atoms with Gasteiger partial charge in [-0.2, -0.15) is 13.2 Å². The van der Waals surface area contributed by atoms with Gasteiger partial charge in [-0.05, 0) is 12.8 Å². The summed E-state index contributed by atoms with van der Waals surface area (Å²) < 4.78 is 75.2. The Kier molecular flexibility index (Phi) is 8.62. The summed E-state index contributed by atoms with van der Waals surface area (Å²) in [6, 6.07) is -4.47. The third-order valence-electron chi connectivity index (χ3n) is 2.69. The summed E-state index contributed by atoms with van der Waals surface area (Å²) in [4.78, 5) is 0. The minimum absolute atomic E-state index is 0.0141. The zero-order valence-corrected chi connectivity index (χ0v) is 13.7. The minimum Gasteiger partial charge on any atom is -0.241 e. The van der Waals surface area contributed by atoms with Crippen molar-refractivity contribution in [2.24, 2.45) is 0 Å². The molecule has 0 N–H and O–H groups in total. The van der Waals surface area contributed by atoms with Gasteiger partial charge >= 0.3 is 17.7 Å². The first-order chi connectivity index (χ1) is 8.88. The largest absolute Gasteiger partial charge is 0.419 e. The molecule has 0 fully saturated rings. The van der Waals surface area contributed by atoms with Crippen molar-refractivity contribution in [3.63, 3.8) is 0 Å². The minimum atomic E-state index is -4.47. The van der Waals surface area contributed by atoms with Crippen LogP contribution in [0.15, 0.2) is 0 Å². The average Bonchev–Trinajstić information content (AvgIpc) is 2.24. The third-order valence-corrected chi connectivity index (χ3v) is 6.03. The van der Waals surface area contributed by atoms with E-state index in [0.29, 0.717) is 19.3 Å². The molecule has 0 heterocycles. The Hall–Kier alpha value is 0.667.